The number of rotatable bonds is 2. The molecule has 0 radical (unpaired) electrons. The average Bonchev–Trinajstić information content (AvgIpc) is 3.01. The summed E-state index contributed by atoms with van der Waals surface area (Å²) < 4.78 is 5.44. The van der Waals surface area contributed by atoms with Crippen molar-refractivity contribution in [1.82, 2.24) is 10.2 Å². The van der Waals surface area contributed by atoms with Gasteiger partial charge in [0.25, 0.3) is 5.91 Å². The Kier molecular flexibility index (Phi) is 4.03. The summed E-state index contributed by atoms with van der Waals surface area (Å²) >= 11 is 0. The normalized spacial score (nSPS) is 26.8. The van der Waals surface area contributed by atoms with Crippen molar-refractivity contribution in [1.29, 1.82) is 0 Å². The van der Waals surface area contributed by atoms with Gasteiger partial charge in [-0.3, -0.25) is 4.79 Å². The lowest BCUT2D eigenvalue weighted by atomic mass is 9.96. The van der Waals surface area contributed by atoms with E-state index in [1.165, 1.54) is 5.56 Å². The Bertz CT molecular complexity index is 483. The molecule has 2 heterocycles. The number of nitrogens with one attached hydrogen (secondary N) is 1. The second-order valence-electron chi connectivity index (χ2n) is 5.79. The van der Waals surface area contributed by atoms with Gasteiger partial charge in [-0.25, -0.2) is 0 Å². The highest BCUT2D eigenvalue weighted by atomic mass is 16.5. The van der Waals surface area contributed by atoms with E-state index in [4.69, 9.17) is 4.74 Å². The van der Waals surface area contributed by atoms with Crippen LogP contribution in [-0.4, -0.2) is 49.7 Å². The molecule has 0 bridgehead atoms. The number of carbonyl (C=O) groups is 1. The molecule has 20 heavy (non-hydrogen) atoms. The van der Waals surface area contributed by atoms with Crippen LogP contribution in [0.4, 0.5) is 0 Å². The largest absolute Gasteiger partial charge is 0.381 e. The fourth-order valence-electron chi connectivity index (χ4n) is 3.02. The summed E-state index contributed by atoms with van der Waals surface area (Å²) in [5.74, 6) is 0.601. The number of ether oxygens (including phenoxy) is 1. The Morgan fingerprint density at radius 3 is 3.10 bits per heavy atom. The first-order valence-electron chi connectivity index (χ1n) is 7.44. The molecular weight excluding hydrogens is 252 g/mol. The van der Waals surface area contributed by atoms with Crippen LogP contribution in [0.3, 0.4) is 0 Å². The number of carbonyl (C=O) groups excluding carboxylic acids is 1. The van der Waals surface area contributed by atoms with Crippen LogP contribution in [0.5, 0.6) is 0 Å². The first-order valence-corrected chi connectivity index (χ1v) is 7.44. The lowest BCUT2D eigenvalue weighted by molar-refractivity contribution is 0.0709. The van der Waals surface area contributed by atoms with E-state index in [1.54, 1.807) is 0 Å². The smallest absolute Gasteiger partial charge is 0.253 e. The zero-order valence-corrected chi connectivity index (χ0v) is 12.0. The number of benzene rings is 1. The first-order chi connectivity index (χ1) is 9.74. The highest BCUT2D eigenvalue weighted by Gasteiger charge is 2.23. The molecule has 2 saturated heterocycles. The molecule has 0 aliphatic carbocycles. The van der Waals surface area contributed by atoms with Crippen molar-refractivity contribution in [2.45, 2.75) is 25.3 Å². The van der Waals surface area contributed by atoms with Gasteiger partial charge in [-0.2, -0.15) is 0 Å². The maximum atomic E-state index is 12.6. The monoisotopic (exact) mass is 274 g/mol. The van der Waals surface area contributed by atoms with Crippen molar-refractivity contribution >= 4 is 5.91 Å². The minimum absolute atomic E-state index is 0.152. The van der Waals surface area contributed by atoms with Gasteiger partial charge in [0.2, 0.25) is 0 Å². The molecule has 3 rings (SSSR count). The van der Waals surface area contributed by atoms with E-state index in [0.29, 0.717) is 12.0 Å². The maximum Gasteiger partial charge on any atom is 0.253 e. The van der Waals surface area contributed by atoms with Crippen molar-refractivity contribution in [3.05, 3.63) is 35.4 Å². The molecule has 1 unspecified atom stereocenters. The molecule has 2 fully saturated rings. The second kappa shape index (κ2) is 5.94. The fourth-order valence-corrected chi connectivity index (χ4v) is 3.02. The van der Waals surface area contributed by atoms with E-state index in [0.717, 1.165) is 44.8 Å². The molecule has 4 nitrogen and oxygen atoms in total. The van der Waals surface area contributed by atoms with Crippen LogP contribution in [0.15, 0.2) is 24.3 Å². The molecule has 0 aromatic heterocycles. The summed E-state index contributed by atoms with van der Waals surface area (Å²) in [6.45, 7) is 6.19. The summed E-state index contributed by atoms with van der Waals surface area (Å²) in [6, 6.07) is 8.45. The number of hydrogen-bond acceptors (Lipinski definition) is 3. The zero-order chi connectivity index (χ0) is 13.9. The summed E-state index contributed by atoms with van der Waals surface area (Å²) in [5, 5.41) is 3.36. The van der Waals surface area contributed by atoms with Gasteiger partial charge in [0, 0.05) is 43.8 Å². The van der Waals surface area contributed by atoms with Crippen molar-refractivity contribution in [2.24, 2.45) is 0 Å². The van der Waals surface area contributed by atoms with Crippen LogP contribution in [0.1, 0.15) is 35.2 Å². The molecule has 1 N–H and O–H groups in total. The van der Waals surface area contributed by atoms with Crippen molar-refractivity contribution < 1.29 is 9.53 Å². The van der Waals surface area contributed by atoms with Crippen molar-refractivity contribution in [3.8, 4) is 0 Å². The van der Waals surface area contributed by atoms with Gasteiger partial charge in [0.1, 0.15) is 0 Å². The van der Waals surface area contributed by atoms with Gasteiger partial charge in [0.15, 0.2) is 0 Å². The third kappa shape index (κ3) is 2.86. The second-order valence-corrected chi connectivity index (χ2v) is 5.79. The SMILES string of the molecule is C[C@@H]1CN(C(=O)c2cccc(C3CCOC3)c2)CCN1. The Hall–Kier alpha value is -1.39. The molecule has 2 aliphatic rings. The first kappa shape index (κ1) is 13.6. The minimum Gasteiger partial charge on any atom is -0.381 e. The summed E-state index contributed by atoms with van der Waals surface area (Å²) in [4.78, 5) is 14.5. The van der Waals surface area contributed by atoms with Crippen LogP contribution >= 0.6 is 0 Å². The van der Waals surface area contributed by atoms with E-state index in [9.17, 15) is 4.79 Å². The lowest BCUT2D eigenvalue weighted by Crippen LogP contribution is -2.51. The Balaban J connectivity index is 1.75. The number of piperazine rings is 1. The minimum atomic E-state index is 0.152. The van der Waals surface area contributed by atoms with E-state index in [1.807, 2.05) is 23.1 Å². The average molecular weight is 274 g/mol. The molecule has 0 saturated carbocycles. The Labute approximate surface area is 120 Å². The quantitative estimate of drug-likeness (QED) is 0.891. The Morgan fingerprint density at radius 2 is 2.35 bits per heavy atom. The highest BCUT2D eigenvalue weighted by Crippen LogP contribution is 2.26. The van der Waals surface area contributed by atoms with Gasteiger partial charge < -0.3 is 15.0 Å². The summed E-state index contributed by atoms with van der Waals surface area (Å²) in [6.07, 6.45) is 1.06. The zero-order valence-electron chi connectivity index (χ0n) is 12.0. The molecule has 2 atom stereocenters. The van der Waals surface area contributed by atoms with Gasteiger partial charge in [-0.15, -0.1) is 0 Å². The van der Waals surface area contributed by atoms with Gasteiger partial charge in [-0.05, 0) is 31.0 Å². The molecule has 1 amide bonds. The number of hydrogen-bond donors (Lipinski definition) is 1. The van der Waals surface area contributed by atoms with Crippen LogP contribution in [-0.2, 0) is 4.74 Å². The van der Waals surface area contributed by atoms with Crippen molar-refractivity contribution in [3.63, 3.8) is 0 Å². The number of amides is 1. The molecule has 1 aromatic rings. The maximum absolute atomic E-state index is 12.6. The van der Waals surface area contributed by atoms with Crippen LogP contribution < -0.4 is 5.32 Å². The van der Waals surface area contributed by atoms with Crippen molar-refractivity contribution in [2.75, 3.05) is 32.8 Å². The van der Waals surface area contributed by atoms with Gasteiger partial charge >= 0.3 is 0 Å². The highest BCUT2D eigenvalue weighted by molar-refractivity contribution is 5.94. The summed E-state index contributed by atoms with van der Waals surface area (Å²) in [5.41, 5.74) is 2.04. The van der Waals surface area contributed by atoms with E-state index < -0.39 is 0 Å². The molecular formula is C16H22N2O2. The van der Waals surface area contributed by atoms with E-state index >= 15 is 0 Å². The third-order valence-electron chi connectivity index (χ3n) is 4.19. The van der Waals surface area contributed by atoms with Crippen LogP contribution in [0.2, 0.25) is 0 Å². The van der Waals surface area contributed by atoms with E-state index in [2.05, 4.69) is 18.3 Å². The van der Waals surface area contributed by atoms with Gasteiger partial charge in [-0.1, -0.05) is 12.1 Å². The Morgan fingerprint density at radius 1 is 1.45 bits per heavy atom. The molecule has 1 aromatic carbocycles. The predicted octanol–water partition coefficient (Wildman–Crippen LogP) is 1.62. The predicted molar refractivity (Wildman–Crippen MR) is 78.0 cm³/mol. The fraction of sp³-hybridized carbons (Fsp3) is 0.562. The molecule has 108 valence electrons. The van der Waals surface area contributed by atoms with Crippen LogP contribution in [0, 0.1) is 0 Å². The third-order valence-corrected chi connectivity index (χ3v) is 4.19. The van der Waals surface area contributed by atoms with E-state index in [-0.39, 0.29) is 5.91 Å². The number of nitrogens with zero attached hydrogens (tertiary/aromatic N) is 1. The topological polar surface area (TPSA) is 41.6 Å². The van der Waals surface area contributed by atoms with Gasteiger partial charge in [0.05, 0.1) is 6.61 Å². The van der Waals surface area contributed by atoms with Crippen LogP contribution in [0.25, 0.3) is 0 Å². The lowest BCUT2D eigenvalue weighted by Gasteiger charge is -2.32. The molecule has 4 heteroatoms. The molecule has 0 spiro atoms. The standard InChI is InChI=1S/C16H22N2O2/c1-12-10-18(7-6-17-12)16(19)14-4-2-3-13(9-14)15-5-8-20-11-15/h2-4,9,12,15,17H,5-8,10-11H2,1H3/t12-,15?/m1/s1. The molecule has 2 aliphatic heterocycles. The summed E-state index contributed by atoms with van der Waals surface area (Å²) in [7, 11) is 0.